The molecule has 1 fully saturated rings. The topological polar surface area (TPSA) is 73.5 Å². The first-order valence-electron chi connectivity index (χ1n) is 10.1. The average Bonchev–Trinajstić information content (AvgIpc) is 3.23. The van der Waals surface area contributed by atoms with Gasteiger partial charge in [0, 0.05) is 43.1 Å². The molecule has 9 heteroatoms. The van der Waals surface area contributed by atoms with Gasteiger partial charge in [-0.05, 0) is 55.3 Å². The molecule has 3 N–H and O–H groups in total. The largest absolute Gasteiger partial charge is 0.416 e. The molecular formula is C22H23F3N4O2. The summed E-state index contributed by atoms with van der Waals surface area (Å²) in [5.74, 6) is -0.526. The lowest BCUT2D eigenvalue weighted by Gasteiger charge is -2.26. The molecular weight excluding hydrogens is 409 g/mol. The highest BCUT2D eigenvalue weighted by molar-refractivity contribution is 6.08. The Kier molecular flexibility index (Phi) is 5.62. The van der Waals surface area contributed by atoms with Crippen molar-refractivity contribution in [3.05, 3.63) is 53.1 Å². The molecule has 0 saturated carbocycles. The number of carbonyl (C=O) groups is 2. The van der Waals surface area contributed by atoms with Crippen molar-refractivity contribution >= 4 is 28.9 Å². The lowest BCUT2D eigenvalue weighted by molar-refractivity contribution is -0.137. The molecule has 164 valence electrons. The third kappa shape index (κ3) is 4.51. The number of benzene rings is 2. The quantitative estimate of drug-likeness (QED) is 0.690. The Morgan fingerprint density at radius 3 is 2.68 bits per heavy atom. The SMILES string of the molecule is CN1C(=O)CCc2ccc(NC(=O)c3ccc(C(F)(F)F)cc3NC3CCNC3)cc21. The molecule has 2 aromatic rings. The molecule has 1 atom stereocenters. The average molecular weight is 432 g/mol. The molecule has 6 nitrogen and oxygen atoms in total. The minimum absolute atomic E-state index is 0.00428. The van der Waals surface area contributed by atoms with Crippen molar-refractivity contribution in [2.75, 3.05) is 35.7 Å². The van der Waals surface area contributed by atoms with Gasteiger partial charge in [0.05, 0.1) is 11.1 Å². The van der Waals surface area contributed by atoms with Crippen molar-refractivity contribution in [2.24, 2.45) is 0 Å². The fourth-order valence-electron chi connectivity index (χ4n) is 3.94. The number of alkyl halides is 3. The van der Waals surface area contributed by atoms with E-state index in [-0.39, 0.29) is 23.2 Å². The Bertz CT molecular complexity index is 1020. The van der Waals surface area contributed by atoms with Crippen molar-refractivity contribution in [3.8, 4) is 0 Å². The first-order valence-corrected chi connectivity index (χ1v) is 10.1. The van der Waals surface area contributed by atoms with Crippen molar-refractivity contribution in [1.82, 2.24) is 5.32 Å². The van der Waals surface area contributed by atoms with E-state index in [9.17, 15) is 22.8 Å². The third-order valence-electron chi connectivity index (χ3n) is 5.70. The number of hydrogen-bond donors (Lipinski definition) is 3. The number of nitrogens with zero attached hydrogens (tertiary/aromatic N) is 1. The second-order valence-corrected chi connectivity index (χ2v) is 7.84. The minimum Gasteiger partial charge on any atom is -0.380 e. The molecule has 2 amide bonds. The van der Waals surface area contributed by atoms with Gasteiger partial charge in [-0.2, -0.15) is 13.2 Å². The number of fused-ring (bicyclic) bond motifs is 1. The Balaban J connectivity index is 1.61. The standard InChI is InChI=1S/C22H23F3N4O2/c1-29-19-11-15(5-2-13(19)3-7-20(29)30)28-21(31)17-6-4-14(22(23,24)25)10-18(17)27-16-8-9-26-12-16/h2,4-6,10-11,16,26-27H,3,7-9,12H2,1H3,(H,28,31). The number of rotatable bonds is 4. The van der Waals surface area contributed by atoms with Crippen LogP contribution in [0.2, 0.25) is 0 Å². The van der Waals surface area contributed by atoms with Gasteiger partial charge in [0.15, 0.2) is 0 Å². The highest BCUT2D eigenvalue weighted by Crippen LogP contribution is 2.34. The van der Waals surface area contributed by atoms with E-state index in [0.29, 0.717) is 25.1 Å². The Morgan fingerprint density at radius 2 is 1.97 bits per heavy atom. The molecule has 0 spiro atoms. The number of nitrogens with one attached hydrogen (secondary N) is 3. The normalized spacial score (nSPS) is 18.6. The van der Waals surface area contributed by atoms with E-state index in [0.717, 1.165) is 36.3 Å². The van der Waals surface area contributed by atoms with Gasteiger partial charge in [-0.15, -0.1) is 0 Å². The van der Waals surface area contributed by atoms with Crippen LogP contribution in [0.5, 0.6) is 0 Å². The van der Waals surface area contributed by atoms with E-state index in [1.165, 1.54) is 6.07 Å². The van der Waals surface area contributed by atoms with Crippen LogP contribution in [-0.4, -0.2) is 38.0 Å². The van der Waals surface area contributed by atoms with E-state index in [1.54, 1.807) is 24.1 Å². The fraction of sp³-hybridized carbons (Fsp3) is 0.364. The Morgan fingerprint density at radius 1 is 1.16 bits per heavy atom. The molecule has 2 heterocycles. The summed E-state index contributed by atoms with van der Waals surface area (Å²) in [6.07, 6.45) is -2.68. The van der Waals surface area contributed by atoms with E-state index in [4.69, 9.17) is 0 Å². The maximum absolute atomic E-state index is 13.2. The van der Waals surface area contributed by atoms with Gasteiger partial charge in [-0.3, -0.25) is 9.59 Å². The van der Waals surface area contributed by atoms with Crippen LogP contribution < -0.4 is 20.9 Å². The van der Waals surface area contributed by atoms with Gasteiger partial charge in [-0.25, -0.2) is 0 Å². The fourth-order valence-corrected chi connectivity index (χ4v) is 3.94. The number of anilines is 3. The lowest BCUT2D eigenvalue weighted by atomic mass is 10.0. The van der Waals surface area contributed by atoms with Gasteiger partial charge in [-0.1, -0.05) is 6.07 Å². The summed E-state index contributed by atoms with van der Waals surface area (Å²) in [4.78, 5) is 26.5. The lowest BCUT2D eigenvalue weighted by Crippen LogP contribution is -2.31. The van der Waals surface area contributed by atoms with Crippen molar-refractivity contribution in [2.45, 2.75) is 31.5 Å². The van der Waals surface area contributed by atoms with Crippen LogP contribution >= 0.6 is 0 Å². The highest BCUT2D eigenvalue weighted by Gasteiger charge is 2.32. The second kappa shape index (κ2) is 8.22. The first-order chi connectivity index (χ1) is 14.7. The molecule has 31 heavy (non-hydrogen) atoms. The molecule has 4 rings (SSSR count). The van der Waals surface area contributed by atoms with Crippen LogP contribution in [0.3, 0.4) is 0 Å². The van der Waals surface area contributed by atoms with Crippen molar-refractivity contribution in [3.63, 3.8) is 0 Å². The molecule has 2 aromatic carbocycles. The van der Waals surface area contributed by atoms with Crippen molar-refractivity contribution in [1.29, 1.82) is 0 Å². The predicted octanol–water partition coefficient (Wildman–Crippen LogP) is 3.64. The van der Waals surface area contributed by atoms with Crippen LogP contribution in [-0.2, 0) is 17.4 Å². The molecule has 2 aliphatic rings. The maximum atomic E-state index is 13.2. The maximum Gasteiger partial charge on any atom is 0.416 e. The molecule has 0 aliphatic carbocycles. The van der Waals surface area contributed by atoms with E-state index in [2.05, 4.69) is 16.0 Å². The number of aryl methyl sites for hydroxylation is 1. The number of hydrogen-bond acceptors (Lipinski definition) is 4. The van der Waals surface area contributed by atoms with Crippen LogP contribution in [0.1, 0.15) is 34.3 Å². The minimum atomic E-state index is -4.50. The van der Waals surface area contributed by atoms with Gasteiger partial charge in [0.2, 0.25) is 5.91 Å². The summed E-state index contributed by atoms with van der Waals surface area (Å²) in [7, 11) is 1.68. The molecule has 2 aliphatic heterocycles. The summed E-state index contributed by atoms with van der Waals surface area (Å²) < 4.78 is 39.7. The third-order valence-corrected chi connectivity index (χ3v) is 5.70. The summed E-state index contributed by atoms with van der Waals surface area (Å²) in [5.41, 5.74) is 1.65. The summed E-state index contributed by atoms with van der Waals surface area (Å²) in [5, 5.41) is 8.97. The van der Waals surface area contributed by atoms with Gasteiger partial charge in [0.1, 0.15) is 0 Å². The number of carbonyl (C=O) groups excluding carboxylic acids is 2. The molecule has 0 radical (unpaired) electrons. The van der Waals surface area contributed by atoms with Crippen molar-refractivity contribution < 1.29 is 22.8 Å². The highest BCUT2D eigenvalue weighted by atomic mass is 19.4. The second-order valence-electron chi connectivity index (χ2n) is 7.84. The Hall–Kier alpha value is -3.07. The van der Waals surface area contributed by atoms with Crippen LogP contribution in [0.4, 0.5) is 30.2 Å². The van der Waals surface area contributed by atoms with Gasteiger partial charge >= 0.3 is 6.18 Å². The Labute approximate surface area is 177 Å². The van der Waals surface area contributed by atoms with Gasteiger partial charge < -0.3 is 20.9 Å². The zero-order valence-electron chi connectivity index (χ0n) is 17.0. The summed E-state index contributed by atoms with van der Waals surface area (Å²) in [6, 6.07) is 8.32. The number of halogens is 3. The molecule has 0 bridgehead atoms. The molecule has 1 saturated heterocycles. The zero-order chi connectivity index (χ0) is 22.2. The predicted molar refractivity (Wildman–Crippen MR) is 112 cm³/mol. The smallest absolute Gasteiger partial charge is 0.380 e. The van der Waals surface area contributed by atoms with E-state index in [1.807, 2.05) is 6.07 Å². The number of amides is 2. The van der Waals surface area contributed by atoms with Crippen LogP contribution in [0.15, 0.2) is 36.4 Å². The summed E-state index contributed by atoms with van der Waals surface area (Å²) >= 11 is 0. The van der Waals surface area contributed by atoms with Crippen LogP contribution in [0.25, 0.3) is 0 Å². The van der Waals surface area contributed by atoms with E-state index < -0.39 is 17.6 Å². The summed E-state index contributed by atoms with van der Waals surface area (Å²) in [6.45, 7) is 1.38. The molecule has 1 unspecified atom stereocenters. The van der Waals surface area contributed by atoms with Crippen LogP contribution in [0, 0.1) is 0 Å². The molecule has 0 aromatic heterocycles. The first kappa shape index (κ1) is 21.2. The zero-order valence-corrected chi connectivity index (χ0v) is 17.0. The van der Waals surface area contributed by atoms with E-state index >= 15 is 0 Å². The monoisotopic (exact) mass is 432 g/mol. The van der Waals surface area contributed by atoms with Gasteiger partial charge in [0.25, 0.3) is 5.91 Å².